The van der Waals surface area contributed by atoms with Crippen molar-refractivity contribution in [1.29, 1.82) is 0 Å². The molecule has 1 rings (SSSR count). The Hall–Kier alpha value is -0.220. The zero-order valence-corrected chi connectivity index (χ0v) is 7.43. The van der Waals surface area contributed by atoms with E-state index in [1.165, 1.54) is 7.11 Å². The summed E-state index contributed by atoms with van der Waals surface area (Å²) in [4.78, 5) is 11.0. The predicted molar refractivity (Wildman–Crippen MR) is 43.4 cm³/mol. The van der Waals surface area contributed by atoms with Crippen LogP contribution in [0.3, 0.4) is 0 Å². The van der Waals surface area contributed by atoms with Gasteiger partial charge in [-0.15, -0.1) is 0 Å². The first-order chi connectivity index (χ1) is 5.16. The molecule has 1 N–H and O–H groups in total. The Morgan fingerprint density at radius 2 is 2.36 bits per heavy atom. The first kappa shape index (κ1) is 8.87. The first-order valence-electron chi connectivity index (χ1n) is 3.54. The van der Waals surface area contributed by atoms with Gasteiger partial charge in [0, 0.05) is 11.0 Å². The highest BCUT2D eigenvalue weighted by Crippen LogP contribution is 2.32. The van der Waals surface area contributed by atoms with Crippen LogP contribution in [0.15, 0.2) is 0 Å². The minimum Gasteiger partial charge on any atom is -0.469 e. The maximum absolute atomic E-state index is 11.0. The van der Waals surface area contributed by atoms with Crippen LogP contribution >= 0.6 is 11.8 Å². The van der Waals surface area contributed by atoms with E-state index in [9.17, 15) is 9.90 Å². The van der Waals surface area contributed by atoms with Crippen LogP contribution in [0.25, 0.3) is 0 Å². The Balaban J connectivity index is 2.60. The third-order valence-electron chi connectivity index (χ3n) is 1.92. The van der Waals surface area contributed by atoms with E-state index in [0.717, 1.165) is 0 Å². The Morgan fingerprint density at radius 1 is 1.73 bits per heavy atom. The molecule has 0 amide bonds. The number of aliphatic hydroxyl groups is 1. The second-order valence-electron chi connectivity index (χ2n) is 2.65. The summed E-state index contributed by atoms with van der Waals surface area (Å²) in [6.45, 7) is 1.93. The van der Waals surface area contributed by atoms with Gasteiger partial charge in [0.2, 0.25) is 0 Å². The van der Waals surface area contributed by atoms with E-state index in [-0.39, 0.29) is 17.1 Å². The normalized spacial score (nSPS) is 37.2. The third-order valence-corrected chi connectivity index (χ3v) is 3.28. The second kappa shape index (κ2) is 3.45. The SMILES string of the molecule is COC(=O)C1C(O)CSC1C. The molecular formula is C7H12O3S. The Morgan fingerprint density at radius 3 is 2.73 bits per heavy atom. The number of hydrogen-bond donors (Lipinski definition) is 1. The van der Waals surface area contributed by atoms with E-state index in [2.05, 4.69) is 4.74 Å². The minimum absolute atomic E-state index is 0.178. The van der Waals surface area contributed by atoms with Gasteiger partial charge in [-0.25, -0.2) is 0 Å². The smallest absolute Gasteiger partial charge is 0.312 e. The van der Waals surface area contributed by atoms with Gasteiger partial charge in [-0.3, -0.25) is 4.79 Å². The number of aliphatic hydroxyl groups excluding tert-OH is 1. The summed E-state index contributed by atoms with van der Waals surface area (Å²) in [5.41, 5.74) is 0. The fraction of sp³-hybridized carbons (Fsp3) is 0.857. The molecule has 1 saturated heterocycles. The zero-order chi connectivity index (χ0) is 8.43. The van der Waals surface area contributed by atoms with Crippen molar-refractivity contribution in [3.63, 3.8) is 0 Å². The molecular weight excluding hydrogens is 164 g/mol. The molecule has 11 heavy (non-hydrogen) atoms. The maximum atomic E-state index is 11.0. The largest absolute Gasteiger partial charge is 0.469 e. The van der Waals surface area contributed by atoms with Crippen LogP contribution in [-0.4, -0.2) is 35.3 Å². The van der Waals surface area contributed by atoms with Gasteiger partial charge in [0.05, 0.1) is 19.1 Å². The Labute approximate surface area is 70.1 Å². The van der Waals surface area contributed by atoms with Crippen LogP contribution in [0.2, 0.25) is 0 Å². The van der Waals surface area contributed by atoms with E-state index in [4.69, 9.17) is 0 Å². The molecule has 0 spiro atoms. The zero-order valence-electron chi connectivity index (χ0n) is 6.61. The van der Waals surface area contributed by atoms with Crippen molar-refractivity contribution in [3.05, 3.63) is 0 Å². The van der Waals surface area contributed by atoms with E-state index in [0.29, 0.717) is 5.75 Å². The van der Waals surface area contributed by atoms with Crippen molar-refractivity contribution in [1.82, 2.24) is 0 Å². The average Bonchev–Trinajstić information content (AvgIpc) is 2.30. The summed E-state index contributed by atoms with van der Waals surface area (Å²) in [7, 11) is 1.35. The van der Waals surface area contributed by atoms with Gasteiger partial charge in [-0.2, -0.15) is 11.8 Å². The van der Waals surface area contributed by atoms with Gasteiger partial charge >= 0.3 is 5.97 Å². The summed E-state index contributed by atoms with van der Waals surface area (Å²) < 4.78 is 4.56. The van der Waals surface area contributed by atoms with Crippen molar-refractivity contribution in [2.24, 2.45) is 5.92 Å². The summed E-state index contributed by atoms with van der Waals surface area (Å²) in [6.07, 6.45) is -0.526. The van der Waals surface area contributed by atoms with Crippen molar-refractivity contribution < 1.29 is 14.6 Å². The molecule has 0 aliphatic carbocycles. The molecule has 4 heteroatoms. The van der Waals surface area contributed by atoms with Crippen molar-refractivity contribution >= 4 is 17.7 Å². The van der Waals surface area contributed by atoms with Gasteiger partial charge in [-0.1, -0.05) is 6.92 Å². The number of esters is 1. The van der Waals surface area contributed by atoms with Crippen LogP contribution in [-0.2, 0) is 9.53 Å². The second-order valence-corrected chi connectivity index (χ2v) is 4.06. The van der Waals surface area contributed by atoms with Crippen LogP contribution < -0.4 is 0 Å². The summed E-state index contributed by atoms with van der Waals surface area (Å²) >= 11 is 1.61. The van der Waals surface area contributed by atoms with Gasteiger partial charge in [0.15, 0.2) is 0 Å². The van der Waals surface area contributed by atoms with Gasteiger partial charge in [0.1, 0.15) is 0 Å². The standard InChI is InChI=1S/C7H12O3S/c1-4-6(7(9)10-2)5(8)3-11-4/h4-6,8H,3H2,1-2H3. The molecule has 3 atom stereocenters. The molecule has 0 aromatic rings. The number of thioether (sulfide) groups is 1. The van der Waals surface area contributed by atoms with Crippen LogP contribution in [0, 0.1) is 5.92 Å². The molecule has 0 radical (unpaired) electrons. The lowest BCUT2D eigenvalue weighted by Crippen LogP contribution is -2.31. The molecule has 1 aliphatic rings. The Bertz CT molecular complexity index is 150. The van der Waals surface area contributed by atoms with E-state index < -0.39 is 6.10 Å². The average molecular weight is 176 g/mol. The number of methoxy groups -OCH3 is 1. The van der Waals surface area contributed by atoms with Crippen molar-refractivity contribution in [2.75, 3.05) is 12.9 Å². The molecule has 1 aliphatic heterocycles. The number of hydrogen-bond acceptors (Lipinski definition) is 4. The molecule has 0 aromatic carbocycles. The molecule has 64 valence electrons. The van der Waals surface area contributed by atoms with Crippen LogP contribution in [0.1, 0.15) is 6.92 Å². The molecule has 1 heterocycles. The minimum atomic E-state index is -0.526. The van der Waals surface area contributed by atoms with Crippen molar-refractivity contribution in [2.45, 2.75) is 18.3 Å². The Kier molecular flexibility index (Phi) is 2.78. The number of carbonyl (C=O) groups is 1. The molecule has 1 fully saturated rings. The van der Waals surface area contributed by atoms with E-state index in [1.54, 1.807) is 11.8 Å². The summed E-state index contributed by atoms with van der Waals surface area (Å²) in [5, 5.41) is 9.52. The lowest BCUT2D eigenvalue weighted by atomic mass is 10.0. The fourth-order valence-electron chi connectivity index (χ4n) is 1.26. The molecule has 0 bridgehead atoms. The summed E-state index contributed by atoms with van der Waals surface area (Å²) in [5.74, 6) is 0.0148. The van der Waals surface area contributed by atoms with E-state index in [1.807, 2.05) is 6.92 Å². The number of rotatable bonds is 1. The highest BCUT2D eigenvalue weighted by Gasteiger charge is 2.38. The molecule has 0 saturated carbocycles. The van der Waals surface area contributed by atoms with E-state index >= 15 is 0 Å². The maximum Gasteiger partial charge on any atom is 0.312 e. The lowest BCUT2D eigenvalue weighted by Gasteiger charge is -2.14. The van der Waals surface area contributed by atoms with Gasteiger partial charge in [-0.05, 0) is 0 Å². The highest BCUT2D eigenvalue weighted by molar-refractivity contribution is 8.00. The molecule has 0 aromatic heterocycles. The molecule has 3 unspecified atom stereocenters. The lowest BCUT2D eigenvalue weighted by molar-refractivity contribution is -0.148. The summed E-state index contributed by atoms with van der Waals surface area (Å²) in [6, 6.07) is 0. The van der Waals surface area contributed by atoms with Gasteiger partial charge in [0.25, 0.3) is 0 Å². The first-order valence-corrected chi connectivity index (χ1v) is 4.59. The van der Waals surface area contributed by atoms with Gasteiger partial charge < -0.3 is 9.84 Å². The van der Waals surface area contributed by atoms with Crippen LogP contribution in [0.4, 0.5) is 0 Å². The monoisotopic (exact) mass is 176 g/mol. The predicted octanol–water partition coefficient (Wildman–Crippen LogP) is 0.272. The quantitative estimate of drug-likeness (QED) is 0.583. The fourth-order valence-corrected chi connectivity index (χ4v) is 2.46. The van der Waals surface area contributed by atoms with Crippen LogP contribution in [0.5, 0.6) is 0 Å². The molecule has 3 nitrogen and oxygen atoms in total. The van der Waals surface area contributed by atoms with Crippen molar-refractivity contribution in [3.8, 4) is 0 Å². The number of ether oxygens (including phenoxy) is 1. The third kappa shape index (κ3) is 1.68. The number of carbonyl (C=O) groups excluding carboxylic acids is 1. The highest BCUT2D eigenvalue weighted by atomic mass is 32.2. The topological polar surface area (TPSA) is 46.5 Å².